The van der Waals surface area contributed by atoms with Gasteiger partial charge in [-0.15, -0.1) is 11.6 Å². The quantitative estimate of drug-likeness (QED) is 0.368. The average molecular weight is 266 g/mol. The summed E-state index contributed by atoms with van der Waals surface area (Å²) in [6.45, 7) is 0. The van der Waals surface area contributed by atoms with Crippen LogP contribution in [0, 0.1) is 10.1 Å². The molecule has 5 nitrogen and oxygen atoms in total. The second-order valence-corrected chi connectivity index (χ2v) is 3.97. The topological polar surface area (TPSA) is 73.3 Å². The van der Waals surface area contributed by atoms with Crippen molar-refractivity contribution >= 4 is 23.3 Å². The number of hydrogen-bond acceptors (Lipinski definition) is 4. The van der Waals surface area contributed by atoms with Gasteiger partial charge in [-0.25, -0.2) is 0 Å². The van der Waals surface area contributed by atoms with Crippen LogP contribution in [0.15, 0.2) is 46.9 Å². The van der Waals surface area contributed by atoms with E-state index in [2.05, 4.69) is 0 Å². The summed E-state index contributed by atoms with van der Waals surface area (Å²) in [7, 11) is 0. The number of carbonyl (C=O) groups excluding carboxylic acids is 1. The zero-order valence-corrected chi connectivity index (χ0v) is 9.83. The highest BCUT2D eigenvalue weighted by Crippen LogP contribution is 2.27. The number of nitrogens with zero attached hydrogens (tertiary/aromatic N) is 1. The van der Waals surface area contributed by atoms with Crippen LogP contribution in [0.4, 0.5) is 5.88 Å². The molecule has 0 amide bonds. The van der Waals surface area contributed by atoms with Gasteiger partial charge in [0.25, 0.3) is 0 Å². The van der Waals surface area contributed by atoms with Crippen LogP contribution in [0.2, 0.25) is 0 Å². The van der Waals surface area contributed by atoms with Crippen molar-refractivity contribution in [2.45, 2.75) is 5.38 Å². The van der Waals surface area contributed by atoms with Crippen molar-refractivity contribution in [3.8, 4) is 0 Å². The fraction of sp³-hybridized carbons (Fsp3) is 0.0833. The molecule has 6 heteroatoms. The van der Waals surface area contributed by atoms with Crippen molar-refractivity contribution in [1.29, 1.82) is 0 Å². The molecule has 0 aliphatic rings. The van der Waals surface area contributed by atoms with E-state index in [1.165, 1.54) is 6.07 Å². The standard InChI is InChI=1S/C12H8ClNO4/c13-11(8-4-2-1-3-5-8)12(15)9-6-7-10(18-9)14(16)17/h1-7,11H. The molecule has 0 bridgehead atoms. The smallest absolute Gasteiger partial charge is 0.397 e. The van der Waals surface area contributed by atoms with Crippen LogP contribution in [0.25, 0.3) is 0 Å². The molecule has 1 heterocycles. The number of nitro groups is 1. The van der Waals surface area contributed by atoms with Crippen LogP contribution in [-0.4, -0.2) is 10.7 Å². The molecule has 1 aromatic heterocycles. The van der Waals surface area contributed by atoms with Gasteiger partial charge in [0.2, 0.25) is 5.78 Å². The summed E-state index contributed by atoms with van der Waals surface area (Å²) in [5, 5.41) is 9.52. The number of ketones is 1. The lowest BCUT2D eigenvalue weighted by atomic mass is 10.1. The van der Waals surface area contributed by atoms with E-state index in [1.807, 2.05) is 0 Å². The normalized spacial score (nSPS) is 12.1. The summed E-state index contributed by atoms with van der Waals surface area (Å²) >= 11 is 6.00. The van der Waals surface area contributed by atoms with Crippen molar-refractivity contribution < 1.29 is 14.1 Å². The molecule has 1 atom stereocenters. The molecule has 0 radical (unpaired) electrons. The lowest BCUT2D eigenvalue weighted by Gasteiger charge is -2.05. The Hall–Kier alpha value is -2.14. The van der Waals surface area contributed by atoms with Gasteiger partial charge in [0.1, 0.15) is 10.3 Å². The molecule has 2 rings (SSSR count). The Labute approximate surface area is 107 Å². The van der Waals surface area contributed by atoms with Gasteiger partial charge in [-0.2, -0.15) is 0 Å². The van der Waals surface area contributed by atoms with Gasteiger partial charge in [0.05, 0.1) is 6.07 Å². The first-order valence-electron chi connectivity index (χ1n) is 5.07. The molecule has 0 aliphatic carbocycles. The van der Waals surface area contributed by atoms with E-state index in [-0.39, 0.29) is 5.76 Å². The van der Waals surface area contributed by atoms with Gasteiger partial charge < -0.3 is 4.42 Å². The molecular formula is C12H8ClNO4. The molecule has 92 valence electrons. The number of rotatable bonds is 4. The maximum atomic E-state index is 11.9. The predicted octanol–water partition coefficient (Wildman–Crippen LogP) is 3.35. The third-order valence-corrected chi connectivity index (χ3v) is 2.79. The first kappa shape index (κ1) is 12.3. The SMILES string of the molecule is O=C(c1ccc([N+](=O)[O-])o1)C(Cl)c1ccccc1. The first-order valence-corrected chi connectivity index (χ1v) is 5.50. The molecule has 0 aliphatic heterocycles. The van der Waals surface area contributed by atoms with E-state index in [0.29, 0.717) is 5.56 Å². The third kappa shape index (κ3) is 2.41. The minimum absolute atomic E-state index is 0.120. The highest BCUT2D eigenvalue weighted by molar-refractivity contribution is 6.33. The third-order valence-electron chi connectivity index (χ3n) is 2.34. The number of halogens is 1. The summed E-state index contributed by atoms with van der Waals surface area (Å²) in [6.07, 6.45) is 0. The van der Waals surface area contributed by atoms with Crippen LogP contribution < -0.4 is 0 Å². The maximum Gasteiger partial charge on any atom is 0.433 e. The number of hydrogen-bond donors (Lipinski definition) is 0. The Morgan fingerprint density at radius 1 is 1.22 bits per heavy atom. The van der Waals surface area contributed by atoms with Crippen LogP contribution in [0.5, 0.6) is 0 Å². The van der Waals surface area contributed by atoms with Crippen molar-refractivity contribution in [3.05, 3.63) is 63.9 Å². The van der Waals surface area contributed by atoms with Gasteiger partial charge >= 0.3 is 5.88 Å². The Kier molecular flexibility index (Phi) is 3.43. The molecule has 0 saturated heterocycles. The number of carbonyl (C=O) groups is 1. The Bertz CT molecular complexity index is 579. The summed E-state index contributed by atoms with van der Waals surface area (Å²) in [4.78, 5) is 21.7. The van der Waals surface area contributed by atoms with E-state index >= 15 is 0 Å². The summed E-state index contributed by atoms with van der Waals surface area (Å²) < 4.78 is 4.82. The highest BCUT2D eigenvalue weighted by Gasteiger charge is 2.24. The van der Waals surface area contributed by atoms with Crippen molar-refractivity contribution in [2.24, 2.45) is 0 Å². The number of furan rings is 1. The van der Waals surface area contributed by atoms with Crippen LogP contribution in [0.1, 0.15) is 21.5 Å². The van der Waals surface area contributed by atoms with Gasteiger partial charge in [0, 0.05) is 0 Å². The van der Waals surface area contributed by atoms with E-state index in [9.17, 15) is 14.9 Å². The first-order chi connectivity index (χ1) is 8.59. The lowest BCUT2D eigenvalue weighted by Crippen LogP contribution is -2.06. The van der Waals surface area contributed by atoms with E-state index in [1.54, 1.807) is 30.3 Å². The monoisotopic (exact) mass is 265 g/mol. The van der Waals surface area contributed by atoms with Crippen molar-refractivity contribution in [3.63, 3.8) is 0 Å². The zero-order chi connectivity index (χ0) is 13.1. The largest absolute Gasteiger partial charge is 0.433 e. The number of alkyl halides is 1. The van der Waals surface area contributed by atoms with E-state index in [0.717, 1.165) is 6.07 Å². The summed E-state index contributed by atoms with van der Waals surface area (Å²) in [6, 6.07) is 11.1. The average Bonchev–Trinajstić information content (AvgIpc) is 2.88. The van der Waals surface area contributed by atoms with E-state index in [4.69, 9.17) is 16.0 Å². The van der Waals surface area contributed by atoms with E-state index < -0.39 is 22.0 Å². The fourth-order valence-corrected chi connectivity index (χ4v) is 1.71. The molecule has 0 fully saturated rings. The van der Waals surface area contributed by atoms with Crippen LogP contribution >= 0.6 is 11.6 Å². The Balaban J connectivity index is 2.23. The van der Waals surface area contributed by atoms with Crippen LogP contribution in [0.3, 0.4) is 0 Å². The minimum atomic E-state index is -0.919. The number of Topliss-reactive ketones (excluding diaryl/α,β-unsaturated/α-hetero) is 1. The molecule has 1 aromatic carbocycles. The van der Waals surface area contributed by atoms with Crippen molar-refractivity contribution in [2.75, 3.05) is 0 Å². The summed E-state index contributed by atoms with van der Waals surface area (Å²) in [5.41, 5.74) is 0.614. The van der Waals surface area contributed by atoms with Crippen LogP contribution in [-0.2, 0) is 0 Å². The van der Waals surface area contributed by atoms with Gasteiger partial charge in [-0.05, 0) is 11.6 Å². The molecule has 0 spiro atoms. The Morgan fingerprint density at radius 2 is 1.89 bits per heavy atom. The molecule has 0 saturated carbocycles. The molecular weight excluding hydrogens is 258 g/mol. The second-order valence-electron chi connectivity index (χ2n) is 3.53. The maximum absolute atomic E-state index is 11.9. The number of benzene rings is 1. The predicted molar refractivity (Wildman–Crippen MR) is 64.7 cm³/mol. The molecule has 2 aromatic rings. The van der Waals surface area contributed by atoms with Gasteiger partial charge in [0.15, 0.2) is 5.76 Å². The second kappa shape index (κ2) is 5.01. The molecule has 18 heavy (non-hydrogen) atoms. The van der Waals surface area contributed by atoms with Crippen molar-refractivity contribution in [1.82, 2.24) is 0 Å². The van der Waals surface area contributed by atoms with Gasteiger partial charge in [-0.1, -0.05) is 30.3 Å². The highest BCUT2D eigenvalue weighted by atomic mass is 35.5. The Morgan fingerprint density at radius 3 is 2.44 bits per heavy atom. The molecule has 1 unspecified atom stereocenters. The fourth-order valence-electron chi connectivity index (χ4n) is 1.46. The summed E-state index contributed by atoms with van der Waals surface area (Å²) in [5.74, 6) is -1.10. The van der Waals surface area contributed by atoms with Gasteiger partial charge in [-0.3, -0.25) is 14.9 Å². The minimum Gasteiger partial charge on any atom is -0.397 e. The zero-order valence-electron chi connectivity index (χ0n) is 9.08. The molecule has 0 N–H and O–H groups in total. The lowest BCUT2D eigenvalue weighted by molar-refractivity contribution is -0.402.